The summed E-state index contributed by atoms with van der Waals surface area (Å²) in [6, 6.07) is 4.92. The quantitative estimate of drug-likeness (QED) is 0.838. The SMILES string of the molecule is CCC(C)CSCc1ccc(C(=O)O)cc1Cl. The summed E-state index contributed by atoms with van der Waals surface area (Å²) in [5, 5.41) is 9.36. The van der Waals surface area contributed by atoms with Gasteiger partial charge in [-0.25, -0.2) is 4.79 Å². The minimum atomic E-state index is -0.939. The molecule has 1 aromatic carbocycles. The fourth-order valence-electron chi connectivity index (χ4n) is 1.29. The molecule has 0 amide bonds. The monoisotopic (exact) mass is 272 g/mol. The maximum absolute atomic E-state index is 10.7. The Bertz CT molecular complexity index is 393. The summed E-state index contributed by atoms with van der Waals surface area (Å²) >= 11 is 7.88. The van der Waals surface area contributed by atoms with Crippen LogP contribution in [0.15, 0.2) is 18.2 Å². The summed E-state index contributed by atoms with van der Waals surface area (Å²) in [5.41, 5.74) is 1.25. The molecule has 1 aromatic rings. The lowest BCUT2D eigenvalue weighted by Gasteiger charge is -2.09. The summed E-state index contributed by atoms with van der Waals surface area (Å²) in [6.07, 6.45) is 1.18. The van der Waals surface area contributed by atoms with E-state index in [0.717, 1.165) is 17.1 Å². The predicted octanol–water partition coefficient (Wildman–Crippen LogP) is 4.32. The number of thioether (sulfide) groups is 1. The van der Waals surface area contributed by atoms with Crippen molar-refractivity contribution in [1.82, 2.24) is 0 Å². The van der Waals surface area contributed by atoms with E-state index in [-0.39, 0.29) is 5.56 Å². The van der Waals surface area contributed by atoms with Crippen molar-refractivity contribution >= 4 is 29.3 Å². The minimum Gasteiger partial charge on any atom is -0.478 e. The topological polar surface area (TPSA) is 37.3 Å². The lowest BCUT2D eigenvalue weighted by atomic mass is 10.1. The molecule has 1 N–H and O–H groups in total. The largest absolute Gasteiger partial charge is 0.478 e. The van der Waals surface area contributed by atoms with Crippen LogP contribution < -0.4 is 0 Å². The first-order valence-corrected chi connectivity index (χ1v) is 7.17. The molecule has 0 aromatic heterocycles. The molecule has 0 radical (unpaired) electrons. The van der Waals surface area contributed by atoms with E-state index >= 15 is 0 Å². The van der Waals surface area contributed by atoms with E-state index in [4.69, 9.17) is 16.7 Å². The molecule has 1 atom stereocenters. The van der Waals surface area contributed by atoms with Crippen LogP contribution in [0.3, 0.4) is 0 Å². The van der Waals surface area contributed by atoms with Gasteiger partial charge in [0, 0.05) is 10.8 Å². The van der Waals surface area contributed by atoms with Crippen LogP contribution in [0.25, 0.3) is 0 Å². The van der Waals surface area contributed by atoms with Crippen molar-refractivity contribution < 1.29 is 9.90 Å². The lowest BCUT2D eigenvalue weighted by molar-refractivity contribution is 0.0697. The van der Waals surface area contributed by atoms with Crippen LogP contribution in [0.2, 0.25) is 5.02 Å². The van der Waals surface area contributed by atoms with Gasteiger partial charge in [0.2, 0.25) is 0 Å². The van der Waals surface area contributed by atoms with Crippen LogP contribution in [-0.4, -0.2) is 16.8 Å². The van der Waals surface area contributed by atoms with Crippen molar-refractivity contribution in [2.75, 3.05) is 5.75 Å². The fraction of sp³-hybridized carbons (Fsp3) is 0.462. The highest BCUT2D eigenvalue weighted by Gasteiger charge is 2.07. The number of carbonyl (C=O) groups is 1. The van der Waals surface area contributed by atoms with E-state index in [9.17, 15) is 4.79 Å². The number of benzene rings is 1. The third kappa shape index (κ3) is 4.60. The number of carboxylic acids is 1. The number of rotatable bonds is 6. The molecule has 2 nitrogen and oxygen atoms in total. The summed E-state index contributed by atoms with van der Waals surface area (Å²) < 4.78 is 0. The van der Waals surface area contributed by atoms with E-state index in [1.54, 1.807) is 12.1 Å². The molecule has 4 heteroatoms. The number of aromatic carboxylic acids is 1. The molecule has 17 heavy (non-hydrogen) atoms. The third-order valence-electron chi connectivity index (χ3n) is 2.66. The van der Waals surface area contributed by atoms with Gasteiger partial charge in [-0.3, -0.25) is 0 Å². The smallest absolute Gasteiger partial charge is 0.335 e. The molecule has 94 valence electrons. The maximum atomic E-state index is 10.7. The molecule has 0 aliphatic rings. The second-order valence-corrected chi connectivity index (χ2v) is 5.58. The first-order chi connectivity index (χ1) is 8.04. The van der Waals surface area contributed by atoms with E-state index in [1.807, 2.05) is 11.8 Å². The second kappa shape index (κ2) is 6.92. The van der Waals surface area contributed by atoms with Crippen LogP contribution in [0, 0.1) is 5.92 Å². The second-order valence-electron chi connectivity index (χ2n) is 4.14. The Balaban J connectivity index is 2.57. The average molecular weight is 273 g/mol. The molecule has 0 bridgehead atoms. The third-order valence-corrected chi connectivity index (χ3v) is 4.33. The standard InChI is InChI=1S/C13H17ClO2S/c1-3-9(2)7-17-8-11-5-4-10(13(15)16)6-12(11)14/h4-6,9H,3,7-8H2,1-2H3,(H,15,16). The van der Waals surface area contributed by atoms with Crippen molar-refractivity contribution in [3.63, 3.8) is 0 Å². The Morgan fingerprint density at radius 3 is 2.76 bits per heavy atom. The molecule has 0 saturated carbocycles. The summed E-state index contributed by atoms with van der Waals surface area (Å²) in [5.74, 6) is 1.71. The van der Waals surface area contributed by atoms with Crippen molar-refractivity contribution in [3.05, 3.63) is 34.3 Å². The van der Waals surface area contributed by atoms with Gasteiger partial charge in [0.25, 0.3) is 0 Å². The van der Waals surface area contributed by atoms with Gasteiger partial charge >= 0.3 is 5.97 Å². The number of hydrogen-bond donors (Lipinski definition) is 1. The van der Waals surface area contributed by atoms with Gasteiger partial charge < -0.3 is 5.11 Å². The van der Waals surface area contributed by atoms with Crippen LogP contribution in [0.4, 0.5) is 0 Å². The van der Waals surface area contributed by atoms with Gasteiger partial charge in [-0.05, 0) is 29.4 Å². The molecule has 0 aliphatic carbocycles. The highest BCUT2D eigenvalue weighted by molar-refractivity contribution is 7.98. The summed E-state index contributed by atoms with van der Waals surface area (Å²) in [4.78, 5) is 10.7. The van der Waals surface area contributed by atoms with Crippen molar-refractivity contribution in [3.8, 4) is 0 Å². The summed E-state index contributed by atoms with van der Waals surface area (Å²) in [6.45, 7) is 4.40. The predicted molar refractivity (Wildman–Crippen MR) is 74.0 cm³/mol. The normalized spacial score (nSPS) is 12.4. The van der Waals surface area contributed by atoms with Crippen LogP contribution in [0.5, 0.6) is 0 Å². The number of hydrogen-bond acceptors (Lipinski definition) is 2. The molecule has 0 saturated heterocycles. The van der Waals surface area contributed by atoms with Gasteiger partial charge in [0.15, 0.2) is 0 Å². The Morgan fingerprint density at radius 2 is 2.24 bits per heavy atom. The zero-order valence-corrected chi connectivity index (χ0v) is 11.6. The molecular formula is C13H17ClO2S. The van der Waals surface area contributed by atoms with Gasteiger partial charge in [-0.2, -0.15) is 11.8 Å². The Labute approximate surface area is 111 Å². The zero-order valence-electron chi connectivity index (χ0n) is 10.1. The molecular weight excluding hydrogens is 256 g/mol. The maximum Gasteiger partial charge on any atom is 0.335 e. The van der Waals surface area contributed by atoms with Gasteiger partial charge in [0.05, 0.1) is 5.56 Å². The van der Waals surface area contributed by atoms with Gasteiger partial charge in [-0.15, -0.1) is 0 Å². The van der Waals surface area contributed by atoms with Gasteiger partial charge in [-0.1, -0.05) is 37.9 Å². The van der Waals surface area contributed by atoms with Crippen LogP contribution in [0.1, 0.15) is 36.2 Å². The van der Waals surface area contributed by atoms with Crippen molar-refractivity contribution in [2.45, 2.75) is 26.0 Å². The fourth-order valence-corrected chi connectivity index (χ4v) is 2.84. The highest BCUT2D eigenvalue weighted by Crippen LogP contribution is 2.24. The number of carboxylic acid groups (broad SMARTS) is 1. The van der Waals surface area contributed by atoms with E-state index < -0.39 is 5.97 Å². The van der Waals surface area contributed by atoms with Crippen molar-refractivity contribution in [2.24, 2.45) is 5.92 Å². The van der Waals surface area contributed by atoms with E-state index in [2.05, 4.69) is 13.8 Å². The molecule has 1 unspecified atom stereocenters. The molecule has 0 aliphatic heterocycles. The lowest BCUT2D eigenvalue weighted by Crippen LogP contribution is -1.98. The Hall–Kier alpha value is -0.670. The van der Waals surface area contributed by atoms with Crippen molar-refractivity contribution in [1.29, 1.82) is 0 Å². The first-order valence-electron chi connectivity index (χ1n) is 5.64. The summed E-state index contributed by atoms with van der Waals surface area (Å²) in [7, 11) is 0. The highest BCUT2D eigenvalue weighted by atomic mass is 35.5. The molecule has 0 fully saturated rings. The van der Waals surface area contributed by atoms with E-state index in [1.165, 1.54) is 12.5 Å². The molecule has 0 heterocycles. The molecule has 0 spiro atoms. The number of halogens is 1. The van der Waals surface area contributed by atoms with E-state index in [0.29, 0.717) is 10.9 Å². The zero-order chi connectivity index (χ0) is 12.8. The first kappa shape index (κ1) is 14.4. The minimum absolute atomic E-state index is 0.241. The average Bonchev–Trinajstić information content (AvgIpc) is 2.30. The molecule has 1 rings (SSSR count). The Morgan fingerprint density at radius 1 is 1.53 bits per heavy atom. The van der Waals surface area contributed by atoms with Crippen LogP contribution in [-0.2, 0) is 5.75 Å². The van der Waals surface area contributed by atoms with Crippen LogP contribution >= 0.6 is 23.4 Å². The van der Waals surface area contributed by atoms with Gasteiger partial charge in [0.1, 0.15) is 0 Å². The Kier molecular flexibility index (Phi) is 5.86.